The highest BCUT2D eigenvalue weighted by molar-refractivity contribution is 5.75. The van der Waals surface area contributed by atoms with Gasteiger partial charge in [0.1, 0.15) is 0 Å². The minimum atomic E-state index is 0.0835. The van der Waals surface area contributed by atoms with Gasteiger partial charge in [-0.15, -0.1) is 0 Å². The van der Waals surface area contributed by atoms with Gasteiger partial charge in [0, 0.05) is 25.7 Å². The van der Waals surface area contributed by atoms with Gasteiger partial charge in [-0.2, -0.15) is 0 Å². The number of urea groups is 1. The van der Waals surface area contributed by atoms with E-state index in [1.165, 1.54) is 5.56 Å². The van der Waals surface area contributed by atoms with Crippen LogP contribution in [0.15, 0.2) is 30.3 Å². The van der Waals surface area contributed by atoms with Gasteiger partial charge in [0.25, 0.3) is 0 Å². The van der Waals surface area contributed by atoms with Gasteiger partial charge < -0.3 is 15.0 Å². The Hall–Kier alpha value is -1.59. The second-order valence-corrected chi connectivity index (χ2v) is 6.56. The Kier molecular flexibility index (Phi) is 3.76. The minimum Gasteiger partial charge on any atom is -0.373 e. The lowest BCUT2D eigenvalue weighted by molar-refractivity contribution is -0.0503. The molecular weight excluding hydrogens is 278 g/mol. The maximum Gasteiger partial charge on any atom is 0.317 e. The minimum absolute atomic E-state index is 0.0835. The number of rotatable bonds is 3. The number of morpholine rings is 1. The zero-order chi connectivity index (χ0) is 14.9. The van der Waals surface area contributed by atoms with Crippen molar-refractivity contribution in [1.82, 2.24) is 15.1 Å². The SMILES string of the molecule is O=C(NC1CC1)N1C[C@H]2OCCN(Cc3ccccc3)[C@H]2C1. The van der Waals surface area contributed by atoms with E-state index in [0.29, 0.717) is 18.6 Å². The predicted molar refractivity (Wildman–Crippen MR) is 83.5 cm³/mol. The summed E-state index contributed by atoms with van der Waals surface area (Å²) in [7, 11) is 0. The Morgan fingerprint density at radius 1 is 1.23 bits per heavy atom. The van der Waals surface area contributed by atoms with Crippen LogP contribution in [0.25, 0.3) is 0 Å². The molecule has 2 saturated heterocycles. The highest BCUT2D eigenvalue weighted by Crippen LogP contribution is 2.25. The van der Waals surface area contributed by atoms with E-state index in [1.54, 1.807) is 0 Å². The van der Waals surface area contributed by atoms with Crippen molar-refractivity contribution in [2.75, 3.05) is 26.2 Å². The lowest BCUT2D eigenvalue weighted by atomic mass is 10.1. The Bertz CT molecular complexity index is 532. The molecule has 0 bridgehead atoms. The number of benzene rings is 1. The van der Waals surface area contributed by atoms with Gasteiger partial charge in [-0.1, -0.05) is 30.3 Å². The molecule has 2 amide bonds. The molecule has 2 heterocycles. The van der Waals surface area contributed by atoms with Crippen LogP contribution in [0.2, 0.25) is 0 Å². The number of nitrogens with zero attached hydrogens (tertiary/aromatic N) is 2. The molecular formula is C17H23N3O2. The first-order valence-electron chi connectivity index (χ1n) is 8.24. The summed E-state index contributed by atoms with van der Waals surface area (Å²) in [5.41, 5.74) is 1.32. The van der Waals surface area contributed by atoms with Crippen LogP contribution in [-0.2, 0) is 11.3 Å². The molecule has 0 aromatic heterocycles. The number of carbonyl (C=O) groups is 1. The fourth-order valence-electron chi connectivity index (χ4n) is 3.43. The molecule has 0 spiro atoms. The van der Waals surface area contributed by atoms with Crippen molar-refractivity contribution in [2.45, 2.75) is 37.6 Å². The number of ether oxygens (including phenoxy) is 1. The summed E-state index contributed by atoms with van der Waals surface area (Å²) in [5.74, 6) is 0. The smallest absolute Gasteiger partial charge is 0.317 e. The molecule has 4 rings (SSSR count). The monoisotopic (exact) mass is 301 g/mol. The Labute approximate surface area is 131 Å². The van der Waals surface area contributed by atoms with E-state index in [4.69, 9.17) is 4.74 Å². The molecule has 0 radical (unpaired) electrons. The van der Waals surface area contributed by atoms with Gasteiger partial charge >= 0.3 is 6.03 Å². The zero-order valence-electron chi connectivity index (χ0n) is 12.8. The average molecular weight is 301 g/mol. The van der Waals surface area contributed by atoms with E-state index in [1.807, 2.05) is 11.0 Å². The number of nitrogens with one attached hydrogen (secondary N) is 1. The second kappa shape index (κ2) is 5.89. The summed E-state index contributed by atoms with van der Waals surface area (Å²) in [6.07, 6.45) is 2.41. The average Bonchev–Trinajstić information content (AvgIpc) is 3.23. The molecule has 1 saturated carbocycles. The van der Waals surface area contributed by atoms with E-state index in [2.05, 4.69) is 34.5 Å². The molecule has 5 heteroatoms. The van der Waals surface area contributed by atoms with Crippen molar-refractivity contribution in [2.24, 2.45) is 0 Å². The molecule has 22 heavy (non-hydrogen) atoms. The number of carbonyl (C=O) groups excluding carboxylic acids is 1. The van der Waals surface area contributed by atoms with Gasteiger partial charge in [0.15, 0.2) is 0 Å². The van der Waals surface area contributed by atoms with E-state index in [0.717, 1.165) is 39.1 Å². The Morgan fingerprint density at radius 2 is 2.05 bits per heavy atom. The second-order valence-electron chi connectivity index (χ2n) is 6.56. The lowest BCUT2D eigenvalue weighted by Crippen LogP contribution is -2.50. The van der Waals surface area contributed by atoms with Gasteiger partial charge in [-0.3, -0.25) is 4.90 Å². The summed E-state index contributed by atoms with van der Waals surface area (Å²) in [6.45, 7) is 4.12. The molecule has 5 nitrogen and oxygen atoms in total. The summed E-state index contributed by atoms with van der Waals surface area (Å²) in [4.78, 5) is 16.6. The predicted octanol–water partition coefficient (Wildman–Crippen LogP) is 1.44. The van der Waals surface area contributed by atoms with Crippen molar-refractivity contribution in [3.8, 4) is 0 Å². The molecule has 1 N–H and O–H groups in total. The third-order valence-corrected chi connectivity index (χ3v) is 4.84. The molecule has 2 atom stereocenters. The first-order valence-corrected chi connectivity index (χ1v) is 8.24. The van der Waals surface area contributed by atoms with Crippen LogP contribution in [-0.4, -0.2) is 60.3 Å². The summed E-state index contributed by atoms with van der Waals surface area (Å²) >= 11 is 0. The van der Waals surface area contributed by atoms with Crippen molar-refractivity contribution >= 4 is 6.03 Å². The van der Waals surface area contributed by atoms with Crippen molar-refractivity contribution < 1.29 is 9.53 Å². The highest BCUT2D eigenvalue weighted by atomic mass is 16.5. The maximum atomic E-state index is 12.2. The van der Waals surface area contributed by atoms with Crippen LogP contribution in [0.5, 0.6) is 0 Å². The Morgan fingerprint density at radius 3 is 2.82 bits per heavy atom. The summed E-state index contributed by atoms with van der Waals surface area (Å²) in [5, 5.41) is 3.08. The summed E-state index contributed by atoms with van der Waals surface area (Å²) in [6, 6.07) is 11.4. The fourth-order valence-corrected chi connectivity index (χ4v) is 3.43. The number of hydrogen-bond donors (Lipinski definition) is 1. The number of likely N-dealkylation sites (tertiary alicyclic amines) is 1. The van der Waals surface area contributed by atoms with Crippen LogP contribution in [0.3, 0.4) is 0 Å². The fraction of sp³-hybridized carbons (Fsp3) is 0.588. The number of amides is 2. The first kappa shape index (κ1) is 14.0. The first-order chi connectivity index (χ1) is 10.8. The van der Waals surface area contributed by atoms with Crippen LogP contribution >= 0.6 is 0 Å². The molecule has 1 aromatic rings. The van der Waals surface area contributed by atoms with Crippen LogP contribution in [0.4, 0.5) is 4.79 Å². The maximum absolute atomic E-state index is 12.2. The number of fused-ring (bicyclic) bond motifs is 1. The molecule has 1 aliphatic carbocycles. The van der Waals surface area contributed by atoms with Gasteiger partial charge in [-0.05, 0) is 18.4 Å². The highest BCUT2D eigenvalue weighted by Gasteiger charge is 2.42. The summed E-state index contributed by atoms with van der Waals surface area (Å²) < 4.78 is 5.91. The third kappa shape index (κ3) is 2.96. The van der Waals surface area contributed by atoms with Gasteiger partial charge in [0.2, 0.25) is 0 Å². The largest absolute Gasteiger partial charge is 0.373 e. The van der Waals surface area contributed by atoms with E-state index in [-0.39, 0.29) is 12.1 Å². The quantitative estimate of drug-likeness (QED) is 0.919. The van der Waals surface area contributed by atoms with Gasteiger partial charge in [-0.25, -0.2) is 4.79 Å². The van der Waals surface area contributed by atoms with Crippen LogP contribution in [0, 0.1) is 0 Å². The molecule has 3 fully saturated rings. The number of hydrogen-bond acceptors (Lipinski definition) is 3. The molecule has 0 unspecified atom stereocenters. The molecule has 2 aliphatic heterocycles. The molecule has 3 aliphatic rings. The Balaban J connectivity index is 1.41. The van der Waals surface area contributed by atoms with E-state index >= 15 is 0 Å². The van der Waals surface area contributed by atoms with Crippen molar-refractivity contribution in [1.29, 1.82) is 0 Å². The van der Waals surface area contributed by atoms with Crippen LogP contribution in [0.1, 0.15) is 18.4 Å². The van der Waals surface area contributed by atoms with E-state index in [9.17, 15) is 4.79 Å². The van der Waals surface area contributed by atoms with Gasteiger partial charge in [0.05, 0.1) is 25.3 Å². The molecule has 1 aromatic carbocycles. The van der Waals surface area contributed by atoms with Crippen LogP contribution < -0.4 is 5.32 Å². The zero-order valence-corrected chi connectivity index (χ0v) is 12.8. The molecule has 118 valence electrons. The van der Waals surface area contributed by atoms with Crippen molar-refractivity contribution in [3.05, 3.63) is 35.9 Å². The van der Waals surface area contributed by atoms with Crippen molar-refractivity contribution in [3.63, 3.8) is 0 Å². The normalized spacial score (nSPS) is 28.5. The standard InChI is InChI=1S/C17H23N3O2/c21-17(18-14-6-7-14)20-11-15-16(12-20)22-9-8-19(15)10-13-4-2-1-3-5-13/h1-5,14-16H,6-12H2,(H,18,21)/t15-,16+/m0/s1. The lowest BCUT2D eigenvalue weighted by Gasteiger charge is -2.36. The topological polar surface area (TPSA) is 44.8 Å². The third-order valence-electron chi connectivity index (χ3n) is 4.84. The van der Waals surface area contributed by atoms with E-state index < -0.39 is 0 Å².